The van der Waals surface area contributed by atoms with Crippen LogP contribution in [-0.4, -0.2) is 42.2 Å². The molecule has 19 heavy (non-hydrogen) atoms. The molecule has 0 amide bonds. The Morgan fingerprint density at radius 2 is 2.05 bits per heavy atom. The third-order valence-corrected chi connectivity index (χ3v) is 2.70. The van der Waals surface area contributed by atoms with Crippen molar-refractivity contribution in [3.63, 3.8) is 0 Å². The summed E-state index contributed by atoms with van der Waals surface area (Å²) in [7, 11) is 1.71. The summed E-state index contributed by atoms with van der Waals surface area (Å²) in [5.74, 6) is 0. The van der Waals surface area contributed by atoms with Crippen molar-refractivity contribution < 1.29 is 9.47 Å². The molecular weight excluding hydrogens is 242 g/mol. The molecule has 0 aliphatic carbocycles. The minimum atomic E-state index is -0.0905. The van der Waals surface area contributed by atoms with Crippen LogP contribution in [0.15, 0.2) is 6.20 Å². The SMILES string of the molecule is COCCNCc1cn(CCOC(C)(C)C)nc1C. The van der Waals surface area contributed by atoms with Gasteiger partial charge in [0.1, 0.15) is 0 Å². The molecule has 5 heteroatoms. The van der Waals surface area contributed by atoms with Crippen molar-refractivity contribution in [3.8, 4) is 0 Å². The van der Waals surface area contributed by atoms with Crippen LogP contribution in [0.2, 0.25) is 0 Å². The second-order valence-corrected chi connectivity index (χ2v) is 5.63. The first-order valence-electron chi connectivity index (χ1n) is 6.79. The van der Waals surface area contributed by atoms with Crippen LogP contribution in [0.3, 0.4) is 0 Å². The largest absolute Gasteiger partial charge is 0.383 e. The van der Waals surface area contributed by atoms with Gasteiger partial charge in [-0.2, -0.15) is 5.10 Å². The second kappa shape index (κ2) is 7.62. The number of aryl methyl sites for hydroxylation is 1. The molecule has 0 aromatic carbocycles. The Morgan fingerprint density at radius 1 is 1.32 bits per heavy atom. The van der Waals surface area contributed by atoms with Crippen molar-refractivity contribution in [1.82, 2.24) is 15.1 Å². The number of ether oxygens (including phenoxy) is 2. The van der Waals surface area contributed by atoms with E-state index in [-0.39, 0.29) is 5.60 Å². The summed E-state index contributed by atoms with van der Waals surface area (Å²) in [4.78, 5) is 0. The summed E-state index contributed by atoms with van der Waals surface area (Å²) in [6.07, 6.45) is 2.08. The minimum absolute atomic E-state index is 0.0905. The van der Waals surface area contributed by atoms with E-state index in [1.807, 2.05) is 11.6 Å². The number of hydrogen-bond acceptors (Lipinski definition) is 4. The lowest BCUT2D eigenvalue weighted by atomic mass is 10.2. The van der Waals surface area contributed by atoms with Gasteiger partial charge >= 0.3 is 0 Å². The fourth-order valence-electron chi connectivity index (χ4n) is 1.69. The van der Waals surface area contributed by atoms with E-state index in [9.17, 15) is 0 Å². The molecule has 0 saturated heterocycles. The maximum atomic E-state index is 5.70. The number of nitrogens with zero attached hydrogens (tertiary/aromatic N) is 2. The zero-order chi connectivity index (χ0) is 14.3. The van der Waals surface area contributed by atoms with Crippen LogP contribution in [0.25, 0.3) is 0 Å². The van der Waals surface area contributed by atoms with Gasteiger partial charge in [0.05, 0.1) is 31.1 Å². The van der Waals surface area contributed by atoms with E-state index >= 15 is 0 Å². The normalized spacial score (nSPS) is 12.1. The zero-order valence-electron chi connectivity index (χ0n) is 12.8. The van der Waals surface area contributed by atoms with E-state index < -0.39 is 0 Å². The molecule has 0 spiro atoms. The third kappa shape index (κ3) is 6.71. The highest BCUT2D eigenvalue weighted by atomic mass is 16.5. The minimum Gasteiger partial charge on any atom is -0.383 e. The number of rotatable bonds is 8. The fourth-order valence-corrected chi connectivity index (χ4v) is 1.69. The lowest BCUT2D eigenvalue weighted by Crippen LogP contribution is -2.22. The predicted octanol–water partition coefficient (Wildman–Crippen LogP) is 1.74. The Morgan fingerprint density at radius 3 is 2.68 bits per heavy atom. The Labute approximate surface area is 116 Å². The molecule has 1 aromatic rings. The van der Waals surface area contributed by atoms with Crippen molar-refractivity contribution in [2.45, 2.75) is 46.4 Å². The molecule has 0 atom stereocenters. The smallest absolute Gasteiger partial charge is 0.0669 e. The van der Waals surface area contributed by atoms with Crippen LogP contribution in [0, 0.1) is 6.92 Å². The number of hydrogen-bond donors (Lipinski definition) is 1. The van der Waals surface area contributed by atoms with Gasteiger partial charge in [-0.3, -0.25) is 4.68 Å². The molecular formula is C14H27N3O2. The van der Waals surface area contributed by atoms with Gasteiger partial charge in [0.25, 0.3) is 0 Å². The van der Waals surface area contributed by atoms with Gasteiger partial charge in [-0.1, -0.05) is 0 Å². The Kier molecular flexibility index (Phi) is 6.48. The highest BCUT2D eigenvalue weighted by molar-refractivity contribution is 5.14. The monoisotopic (exact) mass is 269 g/mol. The van der Waals surface area contributed by atoms with Gasteiger partial charge in [0.15, 0.2) is 0 Å². The summed E-state index contributed by atoms with van der Waals surface area (Å²) in [5.41, 5.74) is 2.21. The quantitative estimate of drug-likeness (QED) is 0.730. The van der Waals surface area contributed by atoms with Crippen LogP contribution >= 0.6 is 0 Å². The van der Waals surface area contributed by atoms with Gasteiger partial charge in [0, 0.05) is 32.0 Å². The summed E-state index contributed by atoms with van der Waals surface area (Å²) >= 11 is 0. The van der Waals surface area contributed by atoms with Crippen LogP contribution in [0.5, 0.6) is 0 Å². The molecule has 0 fully saturated rings. The van der Waals surface area contributed by atoms with Crippen LogP contribution < -0.4 is 5.32 Å². The Bertz CT molecular complexity index is 369. The van der Waals surface area contributed by atoms with E-state index in [0.29, 0.717) is 6.61 Å². The first-order valence-corrected chi connectivity index (χ1v) is 6.79. The predicted molar refractivity (Wildman–Crippen MR) is 76.3 cm³/mol. The summed E-state index contributed by atoms with van der Waals surface area (Å²) < 4.78 is 12.7. The molecule has 5 nitrogen and oxygen atoms in total. The lowest BCUT2D eigenvalue weighted by Gasteiger charge is -2.19. The highest BCUT2D eigenvalue weighted by Gasteiger charge is 2.10. The van der Waals surface area contributed by atoms with E-state index in [2.05, 4.69) is 37.4 Å². The van der Waals surface area contributed by atoms with Gasteiger partial charge < -0.3 is 14.8 Å². The van der Waals surface area contributed by atoms with Crippen LogP contribution in [-0.2, 0) is 22.6 Å². The summed E-state index contributed by atoms with van der Waals surface area (Å²) in [6.45, 7) is 12.1. The number of nitrogens with one attached hydrogen (secondary N) is 1. The van der Waals surface area contributed by atoms with Crippen LogP contribution in [0.1, 0.15) is 32.0 Å². The average molecular weight is 269 g/mol. The molecule has 1 rings (SSSR count). The second-order valence-electron chi connectivity index (χ2n) is 5.63. The molecule has 0 aliphatic heterocycles. The van der Waals surface area contributed by atoms with E-state index in [1.165, 1.54) is 5.56 Å². The summed E-state index contributed by atoms with van der Waals surface area (Å²) in [5, 5.41) is 7.82. The van der Waals surface area contributed by atoms with Crippen molar-refractivity contribution in [2.75, 3.05) is 26.9 Å². The zero-order valence-corrected chi connectivity index (χ0v) is 12.8. The standard InChI is InChI=1S/C14H27N3O2/c1-12-13(10-15-6-8-18-5)11-17(16-12)7-9-19-14(2,3)4/h11,15H,6-10H2,1-5H3. The molecule has 0 saturated carbocycles. The van der Waals surface area contributed by atoms with Crippen molar-refractivity contribution in [2.24, 2.45) is 0 Å². The molecule has 1 heterocycles. The third-order valence-electron chi connectivity index (χ3n) is 2.70. The van der Waals surface area contributed by atoms with E-state index in [4.69, 9.17) is 9.47 Å². The molecule has 0 bridgehead atoms. The number of aromatic nitrogens is 2. The highest BCUT2D eigenvalue weighted by Crippen LogP contribution is 2.08. The molecule has 1 aromatic heterocycles. The van der Waals surface area contributed by atoms with E-state index in [1.54, 1.807) is 7.11 Å². The average Bonchev–Trinajstić information content (AvgIpc) is 2.64. The van der Waals surface area contributed by atoms with Gasteiger partial charge in [0.2, 0.25) is 0 Å². The van der Waals surface area contributed by atoms with E-state index in [0.717, 1.165) is 31.9 Å². The van der Waals surface area contributed by atoms with Crippen molar-refractivity contribution >= 4 is 0 Å². The van der Waals surface area contributed by atoms with Gasteiger partial charge in [-0.25, -0.2) is 0 Å². The maximum Gasteiger partial charge on any atom is 0.0669 e. The van der Waals surface area contributed by atoms with Gasteiger partial charge in [-0.05, 0) is 27.7 Å². The first kappa shape index (κ1) is 16.1. The number of methoxy groups -OCH3 is 1. The fraction of sp³-hybridized carbons (Fsp3) is 0.786. The molecule has 1 N–H and O–H groups in total. The summed E-state index contributed by atoms with van der Waals surface area (Å²) in [6, 6.07) is 0. The van der Waals surface area contributed by atoms with Crippen molar-refractivity contribution in [3.05, 3.63) is 17.5 Å². The molecule has 0 unspecified atom stereocenters. The Balaban J connectivity index is 2.36. The lowest BCUT2D eigenvalue weighted by molar-refractivity contribution is -0.00791. The maximum absolute atomic E-state index is 5.70. The van der Waals surface area contributed by atoms with Crippen LogP contribution in [0.4, 0.5) is 0 Å². The first-order chi connectivity index (χ1) is 8.92. The van der Waals surface area contributed by atoms with Gasteiger partial charge in [-0.15, -0.1) is 0 Å². The molecule has 0 aliphatic rings. The molecule has 110 valence electrons. The Hall–Kier alpha value is -0.910. The molecule has 0 radical (unpaired) electrons. The topological polar surface area (TPSA) is 48.3 Å². The van der Waals surface area contributed by atoms with Crippen molar-refractivity contribution in [1.29, 1.82) is 0 Å².